The molecule has 5 nitrogen and oxygen atoms in total. The summed E-state index contributed by atoms with van der Waals surface area (Å²) in [5.74, 6) is 1.68. The molecule has 0 amide bonds. The number of aromatic nitrogens is 2. The molecule has 1 aliphatic rings. The number of hydrogen-bond acceptors (Lipinski definition) is 6. The molecule has 112 valence electrons. The van der Waals surface area contributed by atoms with Crippen molar-refractivity contribution >= 4 is 16.5 Å². The molecule has 0 saturated heterocycles. The van der Waals surface area contributed by atoms with Crippen LogP contribution in [0.3, 0.4) is 0 Å². The summed E-state index contributed by atoms with van der Waals surface area (Å²) in [5.41, 5.74) is 1.08. The molecule has 0 unspecified atom stereocenters. The average Bonchev–Trinajstić information content (AvgIpc) is 2.80. The van der Waals surface area contributed by atoms with E-state index >= 15 is 0 Å². The monoisotopic (exact) mass is 305 g/mol. The number of benzene rings is 1. The number of rotatable bonds is 5. The van der Waals surface area contributed by atoms with Crippen molar-refractivity contribution in [1.29, 1.82) is 0 Å². The van der Waals surface area contributed by atoms with Crippen molar-refractivity contribution in [1.82, 2.24) is 10.2 Å². The predicted molar refractivity (Wildman–Crippen MR) is 83.3 cm³/mol. The van der Waals surface area contributed by atoms with Crippen molar-refractivity contribution in [2.24, 2.45) is 0 Å². The van der Waals surface area contributed by atoms with Gasteiger partial charge in [-0.3, -0.25) is 0 Å². The Morgan fingerprint density at radius 2 is 2.14 bits per heavy atom. The minimum Gasteiger partial charge on any atom is -0.490 e. The molecule has 1 aromatic heterocycles. The van der Waals surface area contributed by atoms with Gasteiger partial charge in [-0.25, -0.2) is 0 Å². The first-order chi connectivity index (χ1) is 10.4. The Balaban J connectivity index is 1.69. The van der Waals surface area contributed by atoms with Crippen LogP contribution in [0.25, 0.3) is 0 Å². The van der Waals surface area contributed by atoms with E-state index in [2.05, 4.69) is 28.5 Å². The van der Waals surface area contributed by atoms with Crippen molar-refractivity contribution in [2.45, 2.75) is 32.7 Å². The molecule has 0 spiro atoms. The molecule has 2 heterocycles. The zero-order chi connectivity index (χ0) is 14.5. The third kappa shape index (κ3) is 3.44. The van der Waals surface area contributed by atoms with Crippen LogP contribution in [-0.4, -0.2) is 23.4 Å². The van der Waals surface area contributed by atoms with Crippen LogP contribution in [0.4, 0.5) is 5.13 Å². The fraction of sp³-hybridized carbons (Fsp3) is 0.467. The zero-order valence-corrected chi connectivity index (χ0v) is 12.9. The van der Waals surface area contributed by atoms with Crippen molar-refractivity contribution in [3.05, 3.63) is 28.8 Å². The minimum atomic E-state index is 0.660. The lowest BCUT2D eigenvalue weighted by atomic mass is 10.2. The molecule has 1 aliphatic heterocycles. The van der Waals surface area contributed by atoms with E-state index in [1.165, 1.54) is 0 Å². The number of fused-ring (bicyclic) bond motifs is 1. The highest BCUT2D eigenvalue weighted by Gasteiger charge is 2.14. The summed E-state index contributed by atoms with van der Waals surface area (Å²) >= 11 is 1.61. The Bertz CT molecular complexity index is 600. The SMILES string of the molecule is CCCc1nnc(NCc2cccc3c2OCCCO3)s1. The lowest BCUT2D eigenvalue weighted by molar-refractivity contribution is 0.296. The Morgan fingerprint density at radius 3 is 3.05 bits per heavy atom. The third-order valence-corrected chi connectivity index (χ3v) is 4.15. The summed E-state index contributed by atoms with van der Waals surface area (Å²) in [6, 6.07) is 6.00. The largest absolute Gasteiger partial charge is 0.490 e. The summed E-state index contributed by atoms with van der Waals surface area (Å²) in [6.07, 6.45) is 2.99. The number of ether oxygens (including phenoxy) is 2. The molecule has 6 heteroatoms. The van der Waals surface area contributed by atoms with E-state index in [0.29, 0.717) is 19.8 Å². The van der Waals surface area contributed by atoms with Gasteiger partial charge < -0.3 is 14.8 Å². The van der Waals surface area contributed by atoms with Gasteiger partial charge in [-0.05, 0) is 12.5 Å². The summed E-state index contributed by atoms with van der Waals surface area (Å²) in [5, 5.41) is 13.6. The van der Waals surface area contributed by atoms with E-state index in [-0.39, 0.29) is 0 Å². The lowest BCUT2D eigenvalue weighted by Gasteiger charge is -2.12. The van der Waals surface area contributed by atoms with E-state index in [4.69, 9.17) is 9.47 Å². The van der Waals surface area contributed by atoms with Gasteiger partial charge in [0, 0.05) is 24.9 Å². The molecule has 0 atom stereocenters. The van der Waals surface area contributed by atoms with E-state index in [0.717, 1.165) is 46.5 Å². The Kier molecular flexibility index (Phi) is 4.55. The quantitative estimate of drug-likeness (QED) is 0.919. The number of hydrogen-bond donors (Lipinski definition) is 1. The summed E-state index contributed by atoms with van der Waals surface area (Å²) < 4.78 is 11.5. The van der Waals surface area contributed by atoms with Gasteiger partial charge in [-0.2, -0.15) is 0 Å². The fourth-order valence-corrected chi connectivity index (χ4v) is 3.04. The van der Waals surface area contributed by atoms with Crippen LogP contribution >= 0.6 is 11.3 Å². The van der Waals surface area contributed by atoms with E-state index in [1.807, 2.05) is 12.1 Å². The maximum absolute atomic E-state index is 5.81. The van der Waals surface area contributed by atoms with Gasteiger partial charge in [-0.15, -0.1) is 10.2 Å². The first-order valence-corrected chi connectivity index (χ1v) is 8.12. The van der Waals surface area contributed by atoms with Crippen LogP contribution in [-0.2, 0) is 13.0 Å². The zero-order valence-electron chi connectivity index (χ0n) is 12.1. The molecular weight excluding hydrogens is 286 g/mol. The van der Waals surface area contributed by atoms with Crippen LogP contribution in [0.2, 0.25) is 0 Å². The molecule has 1 aromatic carbocycles. The van der Waals surface area contributed by atoms with Crippen LogP contribution in [0.1, 0.15) is 30.3 Å². The van der Waals surface area contributed by atoms with Gasteiger partial charge in [0.15, 0.2) is 11.5 Å². The molecule has 0 fully saturated rings. The second-order valence-electron chi connectivity index (χ2n) is 4.90. The van der Waals surface area contributed by atoms with Gasteiger partial charge in [0.1, 0.15) is 5.01 Å². The van der Waals surface area contributed by atoms with Crippen LogP contribution in [0, 0.1) is 0 Å². The second-order valence-corrected chi connectivity index (χ2v) is 5.96. The molecular formula is C15H19N3O2S. The van der Waals surface area contributed by atoms with Crippen molar-refractivity contribution < 1.29 is 9.47 Å². The second kappa shape index (κ2) is 6.76. The molecule has 3 rings (SSSR count). The number of para-hydroxylation sites is 1. The first-order valence-electron chi connectivity index (χ1n) is 7.30. The summed E-state index contributed by atoms with van der Waals surface area (Å²) in [7, 11) is 0. The van der Waals surface area contributed by atoms with Gasteiger partial charge in [0.05, 0.1) is 13.2 Å². The molecule has 0 saturated carbocycles. The number of nitrogens with zero attached hydrogens (tertiary/aromatic N) is 2. The number of aryl methyl sites for hydroxylation is 1. The van der Waals surface area contributed by atoms with Crippen molar-refractivity contribution in [3.8, 4) is 11.5 Å². The Hall–Kier alpha value is -1.82. The lowest BCUT2D eigenvalue weighted by Crippen LogP contribution is -2.03. The fourth-order valence-electron chi connectivity index (χ4n) is 2.20. The normalized spacial score (nSPS) is 13.8. The van der Waals surface area contributed by atoms with E-state index in [1.54, 1.807) is 11.3 Å². The number of anilines is 1. The molecule has 21 heavy (non-hydrogen) atoms. The van der Waals surface area contributed by atoms with Crippen molar-refractivity contribution in [2.75, 3.05) is 18.5 Å². The third-order valence-electron chi connectivity index (χ3n) is 3.21. The highest BCUT2D eigenvalue weighted by Crippen LogP contribution is 2.33. The standard InChI is InChI=1S/C15H19N3O2S/c1-2-5-13-17-18-15(21-13)16-10-11-6-3-7-12-14(11)20-9-4-8-19-12/h3,6-7H,2,4-5,8-10H2,1H3,(H,16,18). The maximum atomic E-state index is 5.81. The van der Waals surface area contributed by atoms with Crippen LogP contribution < -0.4 is 14.8 Å². The topological polar surface area (TPSA) is 56.3 Å². The molecule has 2 aromatic rings. The predicted octanol–water partition coefficient (Wildman–Crippen LogP) is 3.26. The van der Waals surface area contributed by atoms with Gasteiger partial charge in [-0.1, -0.05) is 30.4 Å². The highest BCUT2D eigenvalue weighted by molar-refractivity contribution is 7.15. The molecule has 0 aliphatic carbocycles. The minimum absolute atomic E-state index is 0.660. The van der Waals surface area contributed by atoms with Crippen molar-refractivity contribution in [3.63, 3.8) is 0 Å². The molecule has 0 radical (unpaired) electrons. The Labute approximate surface area is 128 Å². The summed E-state index contributed by atoms with van der Waals surface area (Å²) in [4.78, 5) is 0. The summed E-state index contributed by atoms with van der Waals surface area (Å²) in [6.45, 7) is 4.21. The van der Waals surface area contributed by atoms with Gasteiger partial charge in [0.2, 0.25) is 5.13 Å². The smallest absolute Gasteiger partial charge is 0.205 e. The molecule has 0 bridgehead atoms. The van der Waals surface area contributed by atoms with E-state index in [9.17, 15) is 0 Å². The maximum Gasteiger partial charge on any atom is 0.205 e. The van der Waals surface area contributed by atoms with Crippen LogP contribution in [0.5, 0.6) is 11.5 Å². The molecule has 1 N–H and O–H groups in total. The Morgan fingerprint density at radius 1 is 1.24 bits per heavy atom. The van der Waals surface area contributed by atoms with Crippen LogP contribution in [0.15, 0.2) is 18.2 Å². The van der Waals surface area contributed by atoms with Gasteiger partial charge >= 0.3 is 0 Å². The highest BCUT2D eigenvalue weighted by atomic mass is 32.1. The average molecular weight is 305 g/mol. The van der Waals surface area contributed by atoms with E-state index < -0.39 is 0 Å². The van der Waals surface area contributed by atoms with Gasteiger partial charge in [0.25, 0.3) is 0 Å². The number of nitrogens with one attached hydrogen (secondary N) is 1. The first kappa shape index (κ1) is 14.1.